The van der Waals surface area contributed by atoms with Gasteiger partial charge in [-0.3, -0.25) is 4.68 Å². The molecule has 2 aromatic heterocycles. The number of aromatic nitrogens is 3. The zero-order chi connectivity index (χ0) is 15.2. The van der Waals surface area contributed by atoms with Gasteiger partial charge in [0.2, 0.25) is 0 Å². The van der Waals surface area contributed by atoms with Crippen LogP contribution < -0.4 is 0 Å². The molecule has 0 saturated heterocycles. The van der Waals surface area contributed by atoms with Crippen LogP contribution in [-0.2, 0) is 16.9 Å². The number of aryl methyl sites for hydroxylation is 3. The summed E-state index contributed by atoms with van der Waals surface area (Å²) in [5.41, 5.74) is 3.40. The fraction of sp³-hybridized carbons (Fsp3) is 0.385. The Balaban J connectivity index is 2.76. The summed E-state index contributed by atoms with van der Waals surface area (Å²) < 4.78 is 25.0. The summed E-state index contributed by atoms with van der Waals surface area (Å²) in [6.07, 6.45) is 1.17. The molecule has 0 atom stereocenters. The van der Waals surface area contributed by atoms with Crippen molar-refractivity contribution in [3.63, 3.8) is 0 Å². The number of hydrogen-bond acceptors (Lipinski definition) is 4. The van der Waals surface area contributed by atoms with Gasteiger partial charge in [0.25, 0.3) is 0 Å². The van der Waals surface area contributed by atoms with E-state index in [4.69, 9.17) is 11.6 Å². The first-order valence-corrected chi connectivity index (χ1v) is 8.27. The van der Waals surface area contributed by atoms with Gasteiger partial charge in [-0.1, -0.05) is 11.6 Å². The highest BCUT2D eigenvalue weighted by molar-refractivity contribution is 7.90. The third-order valence-electron chi connectivity index (χ3n) is 3.14. The van der Waals surface area contributed by atoms with Crippen LogP contribution in [0.15, 0.2) is 11.1 Å². The Morgan fingerprint density at radius 2 is 1.80 bits per heavy atom. The maximum Gasteiger partial charge on any atom is 0.192 e. The van der Waals surface area contributed by atoms with Crippen LogP contribution in [0.5, 0.6) is 0 Å². The van der Waals surface area contributed by atoms with Crippen molar-refractivity contribution in [2.75, 3.05) is 6.26 Å². The highest BCUT2D eigenvalue weighted by Gasteiger charge is 2.23. The summed E-state index contributed by atoms with van der Waals surface area (Å²) in [5, 5.41) is 5.11. The molecule has 0 aromatic carbocycles. The fourth-order valence-electron chi connectivity index (χ4n) is 2.27. The lowest BCUT2D eigenvalue weighted by Gasteiger charge is -2.06. The van der Waals surface area contributed by atoms with Crippen LogP contribution >= 0.6 is 11.6 Å². The molecule has 0 unspecified atom stereocenters. The van der Waals surface area contributed by atoms with Crippen LogP contribution in [0.25, 0.3) is 11.4 Å². The molecule has 0 N–H and O–H groups in total. The summed E-state index contributed by atoms with van der Waals surface area (Å²) in [7, 11) is -1.72. The third-order valence-corrected chi connectivity index (χ3v) is 4.79. The van der Waals surface area contributed by atoms with Gasteiger partial charge >= 0.3 is 0 Å². The normalized spacial score (nSPS) is 11.9. The van der Waals surface area contributed by atoms with Gasteiger partial charge in [-0.05, 0) is 32.4 Å². The number of pyridine rings is 1. The summed E-state index contributed by atoms with van der Waals surface area (Å²) in [4.78, 5) is 4.44. The Bertz CT molecular complexity index is 794. The minimum atomic E-state index is -3.34. The minimum absolute atomic E-state index is 0.210. The zero-order valence-electron chi connectivity index (χ0n) is 12.0. The highest BCUT2D eigenvalue weighted by atomic mass is 35.5. The van der Waals surface area contributed by atoms with Gasteiger partial charge in [-0.15, -0.1) is 0 Å². The molecule has 2 heterocycles. The van der Waals surface area contributed by atoms with Gasteiger partial charge in [0.05, 0.1) is 16.4 Å². The second-order valence-corrected chi connectivity index (χ2v) is 7.23. The molecule has 108 valence electrons. The van der Waals surface area contributed by atoms with Crippen LogP contribution in [0, 0.1) is 20.8 Å². The molecular formula is C13H16ClN3O2S. The van der Waals surface area contributed by atoms with Crippen molar-refractivity contribution in [2.45, 2.75) is 25.8 Å². The van der Waals surface area contributed by atoms with E-state index in [2.05, 4.69) is 10.1 Å². The molecule has 2 aromatic rings. The van der Waals surface area contributed by atoms with Crippen molar-refractivity contribution >= 4 is 21.4 Å². The highest BCUT2D eigenvalue weighted by Crippen LogP contribution is 2.30. The molecule has 0 radical (unpaired) electrons. The smallest absolute Gasteiger partial charge is 0.192 e. The van der Waals surface area contributed by atoms with Gasteiger partial charge < -0.3 is 0 Å². The lowest BCUT2D eigenvalue weighted by Crippen LogP contribution is -2.06. The zero-order valence-corrected chi connectivity index (χ0v) is 13.6. The summed E-state index contributed by atoms with van der Waals surface area (Å²) >= 11 is 6.04. The van der Waals surface area contributed by atoms with Gasteiger partial charge in [-0.2, -0.15) is 5.10 Å². The Labute approximate surface area is 123 Å². The fourth-order valence-corrected chi connectivity index (χ4v) is 3.65. The van der Waals surface area contributed by atoms with E-state index >= 15 is 0 Å². The first kappa shape index (κ1) is 15.0. The van der Waals surface area contributed by atoms with E-state index in [0.29, 0.717) is 27.7 Å². The molecule has 5 nitrogen and oxygen atoms in total. The van der Waals surface area contributed by atoms with E-state index < -0.39 is 9.84 Å². The van der Waals surface area contributed by atoms with Crippen LogP contribution in [0.2, 0.25) is 5.02 Å². The SMILES string of the molecule is Cc1cc(Cl)c(C)nc1-c1nn(C)c(S(C)(=O)=O)c1C. The van der Waals surface area contributed by atoms with Crippen molar-refractivity contribution in [1.29, 1.82) is 0 Å². The number of nitrogens with zero attached hydrogens (tertiary/aromatic N) is 3. The molecule has 7 heteroatoms. The van der Waals surface area contributed by atoms with Crippen LogP contribution in [0.1, 0.15) is 16.8 Å². The number of halogens is 1. The van der Waals surface area contributed by atoms with Crippen LogP contribution in [-0.4, -0.2) is 29.4 Å². The summed E-state index contributed by atoms with van der Waals surface area (Å²) in [5.74, 6) is 0. The maximum atomic E-state index is 11.8. The average Bonchev–Trinajstić information content (AvgIpc) is 2.58. The number of rotatable bonds is 2. The number of sulfone groups is 1. The molecule has 0 aliphatic heterocycles. The molecule has 0 spiro atoms. The molecular weight excluding hydrogens is 298 g/mol. The van der Waals surface area contributed by atoms with Crippen LogP contribution in [0.3, 0.4) is 0 Å². The third kappa shape index (κ3) is 2.45. The Kier molecular flexibility index (Phi) is 3.64. The quantitative estimate of drug-likeness (QED) is 0.854. The minimum Gasteiger partial charge on any atom is -0.256 e. The molecule has 0 saturated carbocycles. The molecule has 20 heavy (non-hydrogen) atoms. The molecule has 0 fully saturated rings. The van der Waals surface area contributed by atoms with Gasteiger partial charge in [0.1, 0.15) is 5.69 Å². The lowest BCUT2D eigenvalue weighted by atomic mass is 10.1. The Morgan fingerprint density at radius 1 is 1.20 bits per heavy atom. The predicted octanol–water partition coefficient (Wildman–Crippen LogP) is 2.46. The summed E-state index contributed by atoms with van der Waals surface area (Å²) in [6.45, 7) is 5.42. The monoisotopic (exact) mass is 313 g/mol. The van der Waals surface area contributed by atoms with E-state index in [9.17, 15) is 8.42 Å². The topological polar surface area (TPSA) is 64.8 Å². The largest absolute Gasteiger partial charge is 0.256 e. The molecule has 0 aliphatic carbocycles. The average molecular weight is 314 g/mol. The first-order valence-electron chi connectivity index (χ1n) is 6.00. The van der Waals surface area contributed by atoms with Crippen molar-refractivity contribution in [3.8, 4) is 11.4 Å². The molecule has 0 bridgehead atoms. The summed E-state index contributed by atoms with van der Waals surface area (Å²) in [6, 6.07) is 1.81. The second kappa shape index (κ2) is 4.86. The van der Waals surface area contributed by atoms with Gasteiger partial charge in [-0.25, -0.2) is 13.4 Å². The van der Waals surface area contributed by atoms with Gasteiger partial charge in [0, 0.05) is 18.9 Å². The predicted molar refractivity (Wildman–Crippen MR) is 78.8 cm³/mol. The molecule has 0 aliphatic rings. The van der Waals surface area contributed by atoms with Crippen molar-refractivity contribution < 1.29 is 8.42 Å². The maximum absolute atomic E-state index is 11.8. The van der Waals surface area contributed by atoms with E-state index in [1.165, 1.54) is 10.9 Å². The van der Waals surface area contributed by atoms with E-state index in [1.54, 1.807) is 20.9 Å². The van der Waals surface area contributed by atoms with E-state index in [-0.39, 0.29) is 5.03 Å². The van der Waals surface area contributed by atoms with E-state index in [0.717, 1.165) is 5.56 Å². The Morgan fingerprint density at radius 3 is 2.30 bits per heavy atom. The van der Waals surface area contributed by atoms with Crippen molar-refractivity contribution in [3.05, 3.63) is 27.9 Å². The van der Waals surface area contributed by atoms with Crippen molar-refractivity contribution in [2.24, 2.45) is 7.05 Å². The molecule has 2 rings (SSSR count). The standard InChI is InChI=1S/C13H16ClN3O2S/c1-7-6-10(14)9(3)15-11(7)12-8(2)13(17(4)16-12)20(5,18)19/h6H,1-5H3. The van der Waals surface area contributed by atoms with Gasteiger partial charge in [0.15, 0.2) is 14.9 Å². The van der Waals surface area contributed by atoms with Crippen molar-refractivity contribution in [1.82, 2.24) is 14.8 Å². The van der Waals surface area contributed by atoms with E-state index in [1.807, 2.05) is 13.0 Å². The Hall–Kier alpha value is -1.40. The van der Waals surface area contributed by atoms with Crippen LogP contribution in [0.4, 0.5) is 0 Å². The second-order valence-electron chi connectivity index (χ2n) is 4.90. The number of hydrogen-bond donors (Lipinski definition) is 0. The molecule has 0 amide bonds. The first-order chi connectivity index (χ1) is 9.12. The lowest BCUT2D eigenvalue weighted by molar-refractivity contribution is 0.581.